The molecule has 13 rings (SSSR count). The van der Waals surface area contributed by atoms with Gasteiger partial charge in [-0.1, -0.05) is 199 Å². The summed E-state index contributed by atoms with van der Waals surface area (Å²) >= 11 is 0. The molecule has 0 N–H and O–H groups in total. The number of fused-ring (bicyclic) bond motifs is 10. The summed E-state index contributed by atoms with van der Waals surface area (Å²) in [5, 5.41) is 0. The lowest BCUT2D eigenvalue weighted by Crippen LogP contribution is -2.61. The Morgan fingerprint density at radius 3 is 1.70 bits per heavy atom. The fourth-order valence-corrected chi connectivity index (χ4v) is 14.8. The summed E-state index contributed by atoms with van der Waals surface area (Å²) in [5.41, 5.74) is 28.6. The first-order valence-corrected chi connectivity index (χ1v) is 28.4. The molecule has 2 unspecified atom stereocenters. The van der Waals surface area contributed by atoms with Crippen molar-refractivity contribution >= 4 is 68.6 Å². The summed E-state index contributed by atoms with van der Waals surface area (Å²) in [7, 11) is 0. The van der Waals surface area contributed by atoms with Gasteiger partial charge in [-0.2, -0.15) is 0 Å². The quantitative estimate of drug-likeness (QED) is 0.163. The number of benzene rings is 8. The average molecular weight is 994 g/mol. The van der Waals surface area contributed by atoms with Crippen molar-refractivity contribution in [3.05, 3.63) is 197 Å². The molecule has 3 heterocycles. The van der Waals surface area contributed by atoms with Gasteiger partial charge in [0.2, 0.25) is 0 Å². The zero-order valence-electron chi connectivity index (χ0n) is 47.8. The highest BCUT2D eigenvalue weighted by Gasteiger charge is 2.58. The third kappa shape index (κ3) is 6.93. The highest BCUT2D eigenvalue weighted by Crippen LogP contribution is 2.62. The molecule has 0 radical (unpaired) electrons. The van der Waals surface area contributed by atoms with E-state index in [-0.39, 0.29) is 39.3 Å². The topological polar surface area (TPSA) is 9.72 Å². The van der Waals surface area contributed by atoms with E-state index in [9.17, 15) is 0 Å². The Labute approximate surface area is 455 Å². The normalized spacial score (nSPS) is 19.9. The maximum atomic E-state index is 2.80. The third-order valence-electron chi connectivity index (χ3n) is 19.3. The summed E-state index contributed by atoms with van der Waals surface area (Å²) in [6.07, 6.45) is 4.82. The van der Waals surface area contributed by atoms with Crippen LogP contribution in [0.5, 0.6) is 0 Å². The first-order valence-electron chi connectivity index (χ1n) is 28.4. The molecule has 2 aliphatic carbocycles. The number of anilines is 8. The molecular weight excluding hydrogens is 918 g/mol. The lowest BCUT2D eigenvalue weighted by atomic mass is 9.33. The molecule has 3 nitrogen and oxygen atoms in total. The van der Waals surface area contributed by atoms with Crippen molar-refractivity contribution in [2.24, 2.45) is 0 Å². The van der Waals surface area contributed by atoms with Gasteiger partial charge in [-0.15, -0.1) is 0 Å². The summed E-state index contributed by atoms with van der Waals surface area (Å²) in [6.45, 7) is 33.5. The summed E-state index contributed by atoms with van der Waals surface area (Å²) in [4.78, 5) is 8.17. The van der Waals surface area contributed by atoms with E-state index in [1.165, 1.54) is 142 Å². The van der Waals surface area contributed by atoms with Crippen LogP contribution in [-0.4, -0.2) is 12.3 Å². The molecule has 0 bridgehead atoms. The minimum atomic E-state index is -0.139. The van der Waals surface area contributed by atoms with Crippen molar-refractivity contribution in [1.82, 2.24) is 0 Å². The van der Waals surface area contributed by atoms with Crippen LogP contribution in [-0.2, 0) is 27.1 Å². The molecular formula is C72H76BN3. The number of rotatable bonds is 4. The molecule has 0 amide bonds. The van der Waals surface area contributed by atoms with E-state index in [1.807, 2.05) is 0 Å². The van der Waals surface area contributed by atoms with Gasteiger partial charge >= 0.3 is 0 Å². The van der Waals surface area contributed by atoms with E-state index in [0.29, 0.717) is 0 Å². The molecule has 1 saturated carbocycles. The van der Waals surface area contributed by atoms with E-state index in [4.69, 9.17) is 0 Å². The van der Waals surface area contributed by atoms with Crippen LogP contribution in [0.15, 0.2) is 158 Å². The second kappa shape index (κ2) is 16.4. The van der Waals surface area contributed by atoms with Gasteiger partial charge in [0.25, 0.3) is 6.71 Å². The van der Waals surface area contributed by atoms with E-state index in [1.54, 1.807) is 0 Å². The van der Waals surface area contributed by atoms with Crippen LogP contribution in [0.1, 0.15) is 155 Å². The summed E-state index contributed by atoms with van der Waals surface area (Å²) in [5.74, 6) is 0. The Hall–Kier alpha value is -6.78. The monoisotopic (exact) mass is 994 g/mol. The zero-order valence-corrected chi connectivity index (χ0v) is 47.8. The highest BCUT2D eigenvalue weighted by molar-refractivity contribution is 7.00. The summed E-state index contributed by atoms with van der Waals surface area (Å²) in [6, 6.07) is 62.4. The van der Waals surface area contributed by atoms with E-state index in [2.05, 4.69) is 269 Å². The van der Waals surface area contributed by atoms with Crippen molar-refractivity contribution in [1.29, 1.82) is 0 Å². The molecule has 5 aliphatic rings. The van der Waals surface area contributed by atoms with Gasteiger partial charge < -0.3 is 14.7 Å². The fraction of sp³-hybridized carbons (Fsp3) is 0.333. The first-order chi connectivity index (χ1) is 36.0. The van der Waals surface area contributed by atoms with Gasteiger partial charge in [-0.3, -0.25) is 0 Å². The summed E-state index contributed by atoms with van der Waals surface area (Å²) < 4.78 is 0. The van der Waals surface area contributed by atoms with Crippen LogP contribution in [0.3, 0.4) is 0 Å². The van der Waals surface area contributed by atoms with Gasteiger partial charge in [-0.25, -0.2) is 0 Å². The van der Waals surface area contributed by atoms with Crippen LogP contribution in [0.2, 0.25) is 0 Å². The lowest BCUT2D eigenvalue weighted by Gasteiger charge is -2.51. The Kier molecular flexibility index (Phi) is 10.5. The second-order valence-corrected chi connectivity index (χ2v) is 27.4. The molecule has 2 atom stereocenters. The Bertz CT molecular complexity index is 3710. The number of hydrogen-bond donors (Lipinski definition) is 0. The van der Waals surface area contributed by atoms with Crippen LogP contribution >= 0.6 is 0 Å². The van der Waals surface area contributed by atoms with Crippen molar-refractivity contribution in [3.63, 3.8) is 0 Å². The van der Waals surface area contributed by atoms with Crippen LogP contribution in [0.4, 0.5) is 45.5 Å². The van der Waals surface area contributed by atoms with Crippen molar-refractivity contribution in [3.8, 4) is 22.3 Å². The minimum absolute atomic E-state index is 0.00316. The fourth-order valence-electron chi connectivity index (χ4n) is 14.8. The molecule has 3 aliphatic heterocycles. The predicted octanol–water partition coefficient (Wildman–Crippen LogP) is 17.7. The van der Waals surface area contributed by atoms with Gasteiger partial charge in [-0.05, 0) is 164 Å². The Balaban J connectivity index is 1.13. The molecule has 4 heteroatoms. The Morgan fingerprint density at radius 2 is 1.00 bits per heavy atom. The second-order valence-electron chi connectivity index (χ2n) is 27.4. The van der Waals surface area contributed by atoms with Crippen LogP contribution < -0.4 is 31.1 Å². The smallest absolute Gasteiger partial charge is 0.252 e. The van der Waals surface area contributed by atoms with E-state index in [0.717, 1.165) is 6.42 Å². The molecule has 0 saturated heterocycles. The van der Waals surface area contributed by atoms with Gasteiger partial charge in [0.05, 0.1) is 16.9 Å². The SMILES string of the molecule is Cc1cc2c3c(c1)N(c1cccc4c1-c1ccccc1C4(C)C)c1cc(C(C)(C)C)ccc1B3c1ccc(N3c4ccc(C(C)(C)C)cc4C4(C)CCCCC34C)cc1N2c1ccc(C(C)(C)C)cc1-c1ccccc1. The van der Waals surface area contributed by atoms with E-state index >= 15 is 0 Å². The van der Waals surface area contributed by atoms with Crippen molar-refractivity contribution in [2.45, 2.75) is 155 Å². The Morgan fingerprint density at radius 1 is 0.434 bits per heavy atom. The van der Waals surface area contributed by atoms with E-state index < -0.39 is 0 Å². The average Bonchev–Trinajstić information content (AvgIpc) is 3.75. The molecule has 0 aromatic heterocycles. The molecule has 382 valence electrons. The van der Waals surface area contributed by atoms with Crippen molar-refractivity contribution < 1.29 is 0 Å². The predicted molar refractivity (Wildman–Crippen MR) is 327 cm³/mol. The number of hydrogen-bond acceptors (Lipinski definition) is 3. The number of nitrogens with zero attached hydrogens (tertiary/aromatic N) is 3. The molecule has 8 aromatic rings. The molecule has 1 fully saturated rings. The zero-order chi connectivity index (χ0) is 53.2. The van der Waals surface area contributed by atoms with Gasteiger partial charge in [0.1, 0.15) is 0 Å². The number of aryl methyl sites for hydroxylation is 1. The first kappa shape index (κ1) is 48.8. The standard InChI is InChI=1S/C72H76BN3/c1-45-39-63-66-64(40-45)75(60-28-22-27-54-65(60)51-25-18-19-26-53(51)70(54,11)12)61-43-49(69(8,9)10)29-33-56(61)73(66)57-34-32-50(76-59-36-31-48(68(5,6)7)42-55(59)71(13)37-20-21-38-72(71,76)14)44-62(57)74(63)58-35-30-47(67(2,3)4)41-52(58)46-23-16-15-17-24-46/h15-19,22-36,39-44H,20-21,37-38H2,1-14H3. The van der Waals surface area contributed by atoms with Gasteiger partial charge in [0, 0.05) is 56.1 Å². The lowest BCUT2D eigenvalue weighted by molar-refractivity contribution is 0.195. The third-order valence-corrected chi connectivity index (χ3v) is 19.3. The minimum Gasteiger partial charge on any atom is -0.334 e. The molecule has 76 heavy (non-hydrogen) atoms. The van der Waals surface area contributed by atoms with Crippen molar-refractivity contribution in [2.75, 3.05) is 14.7 Å². The molecule has 0 spiro atoms. The highest BCUT2D eigenvalue weighted by atomic mass is 15.3. The van der Waals surface area contributed by atoms with Gasteiger partial charge in [0.15, 0.2) is 0 Å². The molecule has 8 aromatic carbocycles. The largest absolute Gasteiger partial charge is 0.334 e. The van der Waals surface area contributed by atoms with Crippen LogP contribution in [0, 0.1) is 6.92 Å². The maximum Gasteiger partial charge on any atom is 0.252 e. The van der Waals surface area contributed by atoms with Crippen LogP contribution in [0.25, 0.3) is 22.3 Å². The maximum absolute atomic E-state index is 2.80.